The van der Waals surface area contributed by atoms with Gasteiger partial charge in [-0.15, -0.1) is 10.2 Å². The highest BCUT2D eigenvalue weighted by Crippen LogP contribution is 2.29. The van der Waals surface area contributed by atoms with E-state index in [1.54, 1.807) is 0 Å². The van der Waals surface area contributed by atoms with E-state index in [0.717, 1.165) is 44.1 Å². The summed E-state index contributed by atoms with van der Waals surface area (Å²) in [4.78, 5) is 13.0. The second-order valence-electron chi connectivity index (χ2n) is 7.40. The van der Waals surface area contributed by atoms with E-state index in [9.17, 15) is 4.79 Å². The first-order chi connectivity index (χ1) is 14.0. The third-order valence-corrected chi connectivity index (χ3v) is 6.28. The molecule has 29 heavy (non-hydrogen) atoms. The molecule has 148 valence electrons. The Morgan fingerprint density at radius 1 is 1.07 bits per heavy atom. The van der Waals surface area contributed by atoms with Crippen LogP contribution in [-0.2, 0) is 4.79 Å². The number of benzene rings is 2. The van der Waals surface area contributed by atoms with Crippen LogP contribution in [0.1, 0.15) is 30.0 Å². The van der Waals surface area contributed by atoms with E-state index in [2.05, 4.69) is 40.6 Å². The molecule has 6 heteroatoms. The summed E-state index contributed by atoms with van der Waals surface area (Å²) in [5, 5.41) is 13.4. The van der Waals surface area contributed by atoms with Crippen LogP contribution >= 0.6 is 11.8 Å². The number of amides is 1. The predicted octanol–water partition coefficient (Wildman–Crippen LogP) is 5.32. The summed E-state index contributed by atoms with van der Waals surface area (Å²) in [6, 6.07) is 16.3. The SMILES string of the molecule is CCC(Sc1nnc2cc(C)c3ccccc3n12)C(=O)Nc1cc(C)cc(C)c1. The van der Waals surface area contributed by atoms with E-state index in [1.807, 2.05) is 55.5 Å². The summed E-state index contributed by atoms with van der Waals surface area (Å²) in [6.45, 7) is 8.16. The maximum atomic E-state index is 13.0. The van der Waals surface area contributed by atoms with Crippen molar-refractivity contribution in [2.45, 2.75) is 44.5 Å². The number of aryl methyl sites for hydroxylation is 3. The van der Waals surface area contributed by atoms with Gasteiger partial charge in [-0.1, -0.05) is 43.0 Å². The van der Waals surface area contributed by atoms with Gasteiger partial charge in [0.15, 0.2) is 10.8 Å². The summed E-state index contributed by atoms with van der Waals surface area (Å²) in [7, 11) is 0. The van der Waals surface area contributed by atoms with E-state index >= 15 is 0 Å². The van der Waals surface area contributed by atoms with Gasteiger partial charge in [-0.05, 0) is 68.1 Å². The van der Waals surface area contributed by atoms with Gasteiger partial charge in [-0.2, -0.15) is 0 Å². The van der Waals surface area contributed by atoms with E-state index in [4.69, 9.17) is 0 Å². The van der Waals surface area contributed by atoms with Gasteiger partial charge in [0.1, 0.15) is 0 Å². The second kappa shape index (κ2) is 7.87. The van der Waals surface area contributed by atoms with Gasteiger partial charge >= 0.3 is 0 Å². The number of thioether (sulfide) groups is 1. The second-order valence-corrected chi connectivity index (χ2v) is 8.57. The van der Waals surface area contributed by atoms with Crippen LogP contribution in [-0.4, -0.2) is 25.8 Å². The number of carbonyl (C=O) groups excluding carboxylic acids is 1. The first kappa shape index (κ1) is 19.5. The van der Waals surface area contributed by atoms with E-state index in [0.29, 0.717) is 6.42 Å². The maximum Gasteiger partial charge on any atom is 0.237 e. The quantitative estimate of drug-likeness (QED) is 0.458. The molecule has 0 aliphatic carbocycles. The first-order valence-electron chi connectivity index (χ1n) is 9.75. The van der Waals surface area contributed by atoms with Crippen LogP contribution < -0.4 is 5.32 Å². The highest BCUT2D eigenvalue weighted by Gasteiger charge is 2.22. The number of pyridine rings is 1. The minimum Gasteiger partial charge on any atom is -0.325 e. The van der Waals surface area contributed by atoms with Crippen LogP contribution in [0.3, 0.4) is 0 Å². The topological polar surface area (TPSA) is 59.3 Å². The minimum absolute atomic E-state index is 0.0179. The molecule has 1 amide bonds. The molecule has 4 rings (SSSR count). The molecule has 0 spiro atoms. The average Bonchev–Trinajstić information content (AvgIpc) is 3.08. The lowest BCUT2D eigenvalue weighted by atomic mass is 10.1. The van der Waals surface area contributed by atoms with E-state index in [1.165, 1.54) is 11.8 Å². The van der Waals surface area contributed by atoms with Gasteiger partial charge in [0, 0.05) is 11.1 Å². The molecule has 1 atom stereocenters. The molecule has 0 bridgehead atoms. The Kier molecular flexibility index (Phi) is 5.28. The minimum atomic E-state index is -0.261. The summed E-state index contributed by atoms with van der Waals surface area (Å²) in [6.07, 6.45) is 0.694. The van der Waals surface area contributed by atoms with Crippen molar-refractivity contribution in [3.8, 4) is 0 Å². The van der Waals surface area contributed by atoms with Crippen molar-refractivity contribution in [3.05, 3.63) is 65.2 Å². The lowest BCUT2D eigenvalue weighted by molar-refractivity contribution is -0.115. The number of hydrogen-bond donors (Lipinski definition) is 1. The number of anilines is 1. The van der Waals surface area contributed by atoms with Gasteiger partial charge in [0.05, 0.1) is 10.8 Å². The van der Waals surface area contributed by atoms with Crippen molar-refractivity contribution >= 4 is 39.9 Å². The average molecular weight is 405 g/mol. The maximum absolute atomic E-state index is 13.0. The molecule has 1 unspecified atom stereocenters. The van der Waals surface area contributed by atoms with Crippen LogP contribution in [0.25, 0.3) is 16.6 Å². The highest BCUT2D eigenvalue weighted by molar-refractivity contribution is 8.00. The van der Waals surface area contributed by atoms with Crippen molar-refractivity contribution in [1.82, 2.24) is 14.6 Å². The molecular formula is C23H24N4OS. The van der Waals surface area contributed by atoms with Gasteiger partial charge in [0.25, 0.3) is 0 Å². The number of aromatic nitrogens is 3. The van der Waals surface area contributed by atoms with E-state index in [-0.39, 0.29) is 11.2 Å². The molecule has 0 aliphatic rings. The lowest BCUT2D eigenvalue weighted by Gasteiger charge is -2.15. The van der Waals surface area contributed by atoms with Crippen LogP contribution in [0.5, 0.6) is 0 Å². The molecule has 1 N–H and O–H groups in total. The van der Waals surface area contributed by atoms with Gasteiger partial charge in [-0.25, -0.2) is 0 Å². The van der Waals surface area contributed by atoms with Crippen molar-refractivity contribution in [1.29, 1.82) is 0 Å². The standard InChI is InChI=1S/C23H24N4OS/c1-5-20(22(28)24-17-11-14(2)10-15(3)12-17)29-23-26-25-21-13-16(4)18-8-6-7-9-19(18)27(21)23/h6-13,20H,5H2,1-4H3,(H,24,28). The molecule has 0 saturated carbocycles. The summed E-state index contributed by atoms with van der Waals surface area (Å²) >= 11 is 1.46. The van der Waals surface area contributed by atoms with Crippen molar-refractivity contribution in [2.24, 2.45) is 0 Å². The Hall–Kier alpha value is -2.86. The number of nitrogens with one attached hydrogen (secondary N) is 1. The van der Waals surface area contributed by atoms with Crippen LogP contribution in [0.15, 0.2) is 53.7 Å². The lowest BCUT2D eigenvalue weighted by Crippen LogP contribution is -2.25. The summed E-state index contributed by atoms with van der Waals surface area (Å²) in [5.41, 5.74) is 6.11. The number of rotatable bonds is 5. The fourth-order valence-corrected chi connectivity index (χ4v) is 4.64. The zero-order valence-electron chi connectivity index (χ0n) is 17.1. The Labute approximate surface area is 174 Å². The number of fused-ring (bicyclic) bond motifs is 3. The molecule has 2 aromatic carbocycles. The molecule has 0 fully saturated rings. The normalized spacial score (nSPS) is 12.4. The monoisotopic (exact) mass is 404 g/mol. The molecule has 2 heterocycles. The van der Waals surface area contributed by atoms with Crippen molar-refractivity contribution in [2.75, 3.05) is 5.32 Å². The summed E-state index contributed by atoms with van der Waals surface area (Å²) < 4.78 is 2.04. The molecule has 0 aliphatic heterocycles. The first-order valence-corrected chi connectivity index (χ1v) is 10.6. The Morgan fingerprint density at radius 2 is 1.79 bits per heavy atom. The van der Waals surface area contributed by atoms with Gasteiger partial charge in [-0.3, -0.25) is 9.20 Å². The van der Waals surface area contributed by atoms with Crippen molar-refractivity contribution < 1.29 is 4.79 Å². The molecule has 0 saturated heterocycles. The number of para-hydroxylation sites is 1. The Balaban J connectivity index is 1.65. The summed E-state index contributed by atoms with van der Waals surface area (Å²) in [5.74, 6) is -0.0179. The predicted molar refractivity (Wildman–Crippen MR) is 120 cm³/mol. The van der Waals surface area contributed by atoms with E-state index < -0.39 is 0 Å². The third-order valence-electron chi connectivity index (χ3n) is 4.97. The third kappa shape index (κ3) is 3.85. The van der Waals surface area contributed by atoms with Crippen molar-refractivity contribution in [3.63, 3.8) is 0 Å². The molecular weight excluding hydrogens is 380 g/mol. The molecule has 5 nitrogen and oxygen atoms in total. The Bertz CT molecular complexity index is 1190. The fraction of sp³-hybridized carbons (Fsp3) is 0.261. The molecule has 0 radical (unpaired) electrons. The number of carbonyl (C=O) groups is 1. The zero-order chi connectivity index (χ0) is 20.5. The van der Waals surface area contributed by atoms with Crippen LogP contribution in [0.2, 0.25) is 0 Å². The zero-order valence-corrected chi connectivity index (χ0v) is 17.9. The smallest absolute Gasteiger partial charge is 0.237 e. The van der Waals surface area contributed by atoms with Crippen LogP contribution in [0.4, 0.5) is 5.69 Å². The molecule has 2 aromatic heterocycles. The van der Waals surface area contributed by atoms with Gasteiger partial charge < -0.3 is 5.32 Å². The van der Waals surface area contributed by atoms with Crippen LogP contribution in [0, 0.1) is 20.8 Å². The fourth-order valence-electron chi connectivity index (χ4n) is 3.67. The number of nitrogens with zero attached hydrogens (tertiary/aromatic N) is 3. The van der Waals surface area contributed by atoms with Gasteiger partial charge in [0.2, 0.25) is 5.91 Å². The Morgan fingerprint density at radius 3 is 2.52 bits per heavy atom. The molecule has 4 aromatic rings. The largest absolute Gasteiger partial charge is 0.325 e. The highest BCUT2D eigenvalue weighted by atomic mass is 32.2. The number of hydrogen-bond acceptors (Lipinski definition) is 4.